The zero-order valence-corrected chi connectivity index (χ0v) is 12.4. The van der Waals surface area contributed by atoms with Gasteiger partial charge in [0.2, 0.25) is 0 Å². The number of halogens is 2. The average Bonchev–Trinajstić information content (AvgIpc) is 2.90. The number of hydrogen-bond donors (Lipinski definition) is 1. The fourth-order valence-electron chi connectivity index (χ4n) is 1.93. The van der Waals surface area contributed by atoms with Crippen LogP contribution in [0.1, 0.15) is 15.9 Å². The van der Waals surface area contributed by atoms with Crippen molar-refractivity contribution in [1.82, 2.24) is 8.75 Å². The van der Waals surface area contributed by atoms with Gasteiger partial charge in [0.15, 0.2) is 0 Å². The van der Waals surface area contributed by atoms with E-state index in [0.717, 1.165) is 17.3 Å². The Labute approximate surface area is 128 Å². The highest BCUT2D eigenvalue weighted by molar-refractivity contribution is 7.00. The van der Waals surface area contributed by atoms with E-state index in [4.69, 9.17) is 11.6 Å². The molecule has 2 aromatic carbocycles. The van der Waals surface area contributed by atoms with Crippen LogP contribution < -0.4 is 5.32 Å². The van der Waals surface area contributed by atoms with Gasteiger partial charge in [-0.05, 0) is 36.8 Å². The van der Waals surface area contributed by atoms with Crippen molar-refractivity contribution in [1.29, 1.82) is 0 Å². The summed E-state index contributed by atoms with van der Waals surface area (Å²) in [5, 5.41) is 2.94. The third-order valence-corrected chi connectivity index (χ3v) is 3.84. The van der Waals surface area contributed by atoms with E-state index in [1.807, 2.05) is 0 Å². The molecule has 0 radical (unpaired) electrons. The number of nitrogens with one attached hydrogen (secondary N) is 1. The zero-order chi connectivity index (χ0) is 15.0. The highest BCUT2D eigenvalue weighted by Crippen LogP contribution is 2.30. The van der Waals surface area contributed by atoms with Gasteiger partial charge in [-0.2, -0.15) is 8.75 Å². The van der Waals surface area contributed by atoms with Crippen molar-refractivity contribution in [3.05, 3.63) is 52.3 Å². The molecule has 0 fully saturated rings. The van der Waals surface area contributed by atoms with Crippen LogP contribution >= 0.6 is 23.3 Å². The molecule has 0 saturated heterocycles. The maximum Gasteiger partial charge on any atom is 0.258 e. The van der Waals surface area contributed by atoms with Crippen LogP contribution in [0.25, 0.3) is 11.0 Å². The van der Waals surface area contributed by atoms with E-state index in [1.165, 1.54) is 12.1 Å². The molecule has 0 aliphatic heterocycles. The van der Waals surface area contributed by atoms with Crippen molar-refractivity contribution in [2.75, 3.05) is 5.32 Å². The summed E-state index contributed by atoms with van der Waals surface area (Å²) in [5.41, 5.74) is 2.16. The smallest absolute Gasteiger partial charge is 0.258 e. The van der Waals surface area contributed by atoms with Crippen molar-refractivity contribution >= 4 is 46.0 Å². The van der Waals surface area contributed by atoms with E-state index in [-0.39, 0.29) is 5.56 Å². The number of fused-ring (bicyclic) bond motifs is 1. The average molecular weight is 322 g/mol. The first-order valence-electron chi connectivity index (χ1n) is 6.04. The van der Waals surface area contributed by atoms with E-state index in [0.29, 0.717) is 21.7 Å². The molecule has 0 aliphatic carbocycles. The molecular formula is C14H9ClFN3OS. The molecule has 106 valence electrons. The minimum absolute atomic E-state index is 0.0446. The van der Waals surface area contributed by atoms with Gasteiger partial charge in [-0.25, -0.2) is 4.39 Å². The largest absolute Gasteiger partial charge is 0.319 e. The van der Waals surface area contributed by atoms with Gasteiger partial charge in [-0.15, -0.1) is 0 Å². The first kappa shape index (κ1) is 13.9. The minimum Gasteiger partial charge on any atom is -0.319 e. The fraction of sp³-hybridized carbons (Fsp3) is 0.0714. The monoisotopic (exact) mass is 321 g/mol. The lowest BCUT2D eigenvalue weighted by molar-refractivity contribution is 0.102. The van der Waals surface area contributed by atoms with Gasteiger partial charge >= 0.3 is 0 Å². The van der Waals surface area contributed by atoms with Crippen LogP contribution in [0.4, 0.5) is 10.1 Å². The molecule has 1 heterocycles. The van der Waals surface area contributed by atoms with E-state index in [9.17, 15) is 9.18 Å². The lowest BCUT2D eigenvalue weighted by Gasteiger charge is -2.08. The van der Waals surface area contributed by atoms with Gasteiger partial charge in [0.05, 0.1) is 28.0 Å². The van der Waals surface area contributed by atoms with Crippen molar-refractivity contribution in [2.45, 2.75) is 6.92 Å². The number of benzene rings is 2. The number of carbonyl (C=O) groups excluding carboxylic acids is 1. The third kappa shape index (κ3) is 2.59. The predicted molar refractivity (Wildman–Crippen MR) is 81.5 cm³/mol. The summed E-state index contributed by atoms with van der Waals surface area (Å²) in [6.45, 7) is 1.75. The Kier molecular flexibility index (Phi) is 3.57. The summed E-state index contributed by atoms with van der Waals surface area (Å²) in [4.78, 5) is 12.2. The molecule has 3 rings (SSSR count). The zero-order valence-electron chi connectivity index (χ0n) is 10.9. The molecule has 0 spiro atoms. The lowest BCUT2D eigenvalue weighted by Crippen LogP contribution is -2.14. The van der Waals surface area contributed by atoms with Crippen LogP contribution in [-0.4, -0.2) is 14.7 Å². The van der Waals surface area contributed by atoms with Crippen LogP contribution in [0.5, 0.6) is 0 Å². The number of amides is 1. The lowest BCUT2D eigenvalue weighted by atomic mass is 10.1. The Morgan fingerprint density at radius 1 is 1.29 bits per heavy atom. The van der Waals surface area contributed by atoms with Crippen molar-refractivity contribution in [2.24, 2.45) is 0 Å². The molecular weight excluding hydrogens is 313 g/mol. The summed E-state index contributed by atoms with van der Waals surface area (Å²) in [5.74, 6) is -1.15. The molecule has 1 amide bonds. The number of hydrogen-bond acceptors (Lipinski definition) is 4. The number of nitrogens with zero attached hydrogens (tertiary/aromatic N) is 2. The molecule has 0 aliphatic rings. The number of anilines is 1. The summed E-state index contributed by atoms with van der Waals surface area (Å²) in [6.07, 6.45) is 0. The van der Waals surface area contributed by atoms with Crippen LogP contribution in [-0.2, 0) is 0 Å². The fourth-order valence-corrected chi connectivity index (χ4v) is 2.67. The van der Waals surface area contributed by atoms with Gasteiger partial charge in [0, 0.05) is 0 Å². The summed E-state index contributed by atoms with van der Waals surface area (Å²) >= 11 is 7.10. The SMILES string of the molecule is Cc1ccc(C(=O)Nc2c(Cl)ccc3nsnc23)c(F)c1. The molecule has 1 N–H and O–H groups in total. The Morgan fingerprint density at radius 3 is 2.86 bits per heavy atom. The second kappa shape index (κ2) is 5.38. The highest BCUT2D eigenvalue weighted by Gasteiger charge is 2.16. The normalized spacial score (nSPS) is 10.8. The van der Waals surface area contributed by atoms with Gasteiger partial charge in [0.1, 0.15) is 16.9 Å². The Bertz CT molecular complexity index is 849. The Hall–Kier alpha value is -2.05. The number of aryl methyl sites for hydroxylation is 1. The molecule has 0 unspecified atom stereocenters. The molecule has 3 aromatic rings. The van der Waals surface area contributed by atoms with Gasteiger partial charge in [0.25, 0.3) is 5.91 Å². The summed E-state index contributed by atoms with van der Waals surface area (Å²) in [6, 6.07) is 7.75. The summed E-state index contributed by atoms with van der Waals surface area (Å²) in [7, 11) is 0. The number of aromatic nitrogens is 2. The molecule has 0 saturated carbocycles. The summed E-state index contributed by atoms with van der Waals surface area (Å²) < 4.78 is 22.0. The second-order valence-electron chi connectivity index (χ2n) is 4.49. The second-order valence-corrected chi connectivity index (χ2v) is 5.43. The van der Waals surface area contributed by atoms with E-state index >= 15 is 0 Å². The maximum absolute atomic E-state index is 13.8. The standard InChI is InChI=1S/C14H9ClFN3OS/c1-7-2-3-8(10(16)6-7)14(20)17-12-9(15)4-5-11-13(12)19-21-18-11/h2-6H,1H3,(H,17,20). The number of rotatable bonds is 2. The molecule has 0 bridgehead atoms. The molecule has 21 heavy (non-hydrogen) atoms. The quantitative estimate of drug-likeness (QED) is 0.775. The highest BCUT2D eigenvalue weighted by atomic mass is 35.5. The first-order chi connectivity index (χ1) is 10.1. The Morgan fingerprint density at radius 2 is 2.10 bits per heavy atom. The Balaban J connectivity index is 2.00. The minimum atomic E-state index is -0.577. The molecule has 0 atom stereocenters. The molecule has 4 nitrogen and oxygen atoms in total. The predicted octanol–water partition coefficient (Wildman–Crippen LogP) is 4.04. The van der Waals surface area contributed by atoms with Crippen molar-refractivity contribution in [3.63, 3.8) is 0 Å². The number of carbonyl (C=O) groups is 1. The van der Waals surface area contributed by atoms with Crippen molar-refractivity contribution < 1.29 is 9.18 Å². The van der Waals surface area contributed by atoms with E-state index < -0.39 is 11.7 Å². The van der Waals surface area contributed by atoms with Crippen LogP contribution in [0.3, 0.4) is 0 Å². The van der Waals surface area contributed by atoms with Crippen LogP contribution in [0.15, 0.2) is 30.3 Å². The van der Waals surface area contributed by atoms with Crippen LogP contribution in [0, 0.1) is 12.7 Å². The van der Waals surface area contributed by atoms with Gasteiger partial charge in [-0.1, -0.05) is 17.7 Å². The van der Waals surface area contributed by atoms with Gasteiger partial charge in [-0.3, -0.25) is 4.79 Å². The molecule has 7 heteroatoms. The first-order valence-corrected chi connectivity index (χ1v) is 7.15. The topological polar surface area (TPSA) is 54.9 Å². The third-order valence-electron chi connectivity index (χ3n) is 2.98. The van der Waals surface area contributed by atoms with E-state index in [1.54, 1.807) is 25.1 Å². The van der Waals surface area contributed by atoms with Crippen LogP contribution in [0.2, 0.25) is 5.02 Å². The van der Waals surface area contributed by atoms with Crippen molar-refractivity contribution in [3.8, 4) is 0 Å². The molecule has 1 aromatic heterocycles. The van der Waals surface area contributed by atoms with Gasteiger partial charge < -0.3 is 5.32 Å². The maximum atomic E-state index is 13.8. The van der Waals surface area contributed by atoms with E-state index in [2.05, 4.69) is 14.1 Å².